The molecule has 5 rings (SSSR count). The number of fused-ring (bicyclic) bond motifs is 1. The van der Waals surface area contributed by atoms with Gasteiger partial charge in [-0.05, 0) is 68.5 Å². The van der Waals surface area contributed by atoms with Crippen LogP contribution in [0.25, 0.3) is 11.4 Å². The van der Waals surface area contributed by atoms with E-state index in [2.05, 4.69) is 32.5 Å². The third-order valence-corrected chi connectivity index (χ3v) is 6.80. The highest BCUT2D eigenvalue weighted by molar-refractivity contribution is 5.79. The average Bonchev–Trinajstić information content (AvgIpc) is 3.33. The van der Waals surface area contributed by atoms with Crippen molar-refractivity contribution >= 4 is 5.91 Å². The second-order valence-corrected chi connectivity index (χ2v) is 8.95. The highest BCUT2D eigenvalue weighted by Gasteiger charge is 2.29. The summed E-state index contributed by atoms with van der Waals surface area (Å²) in [6.45, 7) is 2.31. The standard InChI is InChI=1S/C26H30N4O3/c1-32-21-10-11-22-20(16-21)8-5-9-23(22)27-26(31)19-12-14-30(15-13-19)17-24-28-25(29-33-24)18-6-3-2-4-7-18/h2-4,6-7,10-11,16,19,23H,5,8-9,12-15,17H2,1H3,(H,27,31). The maximum atomic E-state index is 13.0. The summed E-state index contributed by atoms with van der Waals surface area (Å²) in [6.07, 6.45) is 4.80. The first-order valence-corrected chi connectivity index (χ1v) is 11.8. The first kappa shape index (κ1) is 21.6. The molecule has 1 fully saturated rings. The molecule has 7 nitrogen and oxygen atoms in total. The van der Waals surface area contributed by atoms with Crippen LogP contribution in [-0.4, -0.2) is 41.1 Å². The fraction of sp³-hybridized carbons (Fsp3) is 0.423. The fourth-order valence-corrected chi connectivity index (χ4v) is 4.93. The van der Waals surface area contributed by atoms with E-state index in [4.69, 9.17) is 9.26 Å². The Kier molecular flexibility index (Phi) is 6.39. The lowest BCUT2D eigenvalue weighted by atomic mass is 9.86. The van der Waals surface area contributed by atoms with Gasteiger partial charge in [0.05, 0.1) is 19.7 Å². The summed E-state index contributed by atoms with van der Waals surface area (Å²) in [4.78, 5) is 19.8. The number of ether oxygens (including phenoxy) is 1. The van der Waals surface area contributed by atoms with E-state index in [0.29, 0.717) is 18.3 Å². The van der Waals surface area contributed by atoms with E-state index in [1.807, 2.05) is 36.4 Å². The molecule has 1 amide bonds. The number of aryl methyl sites for hydroxylation is 1. The Morgan fingerprint density at radius 3 is 2.76 bits per heavy atom. The van der Waals surface area contributed by atoms with Crippen LogP contribution in [-0.2, 0) is 17.8 Å². The number of benzene rings is 2. The maximum Gasteiger partial charge on any atom is 0.241 e. The zero-order chi connectivity index (χ0) is 22.6. The third-order valence-electron chi connectivity index (χ3n) is 6.80. The van der Waals surface area contributed by atoms with Gasteiger partial charge < -0.3 is 14.6 Å². The van der Waals surface area contributed by atoms with Crippen molar-refractivity contribution in [2.45, 2.75) is 44.7 Å². The Hall–Kier alpha value is -3.19. The molecule has 1 aliphatic heterocycles. The molecule has 0 bridgehead atoms. The van der Waals surface area contributed by atoms with Gasteiger partial charge in [-0.1, -0.05) is 41.6 Å². The molecule has 172 valence electrons. The van der Waals surface area contributed by atoms with Gasteiger partial charge in [0.2, 0.25) is 17.6 Å². The molecule has 3 aromatic rings. The molecule has 1 aromatic heterocycles. The molecule has 2 aromatic carbocycles. The number of piperidine rings is 1. The van der Waals surface area contributed by atoms with Gasteiger partial charge in [-0.25, -0.2) is 0 Å². The largest absolute Gasteiger partial charge is 0.497 e. The van der Waals surface area contributed by atoms with Crippen molar-refractivity contribution in [3.05, 3.63) is 65.5 Å². The summed E-state index contributed by atoms with van der Waals surface area (Å²) in [5.41, 5.74) is 3.47. The Bertz CT molecular complexity index is 1090. The zero-order valence-corrected chi connectivity index (χ0v) is 19.0. The number of amides is 1. The van der Waals surface area contributed by atoms with E-state index in [1.165, 1.54) is 11.1 Å². The normalized spacial score (nSPS) is 19.1. The Balaban J connectivity index is 1.14. The molecule has 1 saturated heterocycles. The summed E-state index contributed by atoms with van der Waals surface area (Å²) >= 11 is 0. The Labute approximate surface area is 194 Å². The minimum absolute atomic E-state index is 0.0486. The van der Waals surface area contributed by atoms with Crippen LogP contribution in [0.5, 0.6) is 5.75 Å². The van der Waals surface area contributed by atoms with Crippen molar-refractivity contribution in [1.29, 1.82) is 0 Å². The molecule has 2 aliphatic rings. The Morgan fingerprint density at radius 1 is 1.15 bits per heavy atom. The SMILES string of the molecule is COc1ccc2c(c1)CCCC2NC(=O)C1CCN(Cc2nc(-c3ccccc3)no2)CC1. The highest BCUT2D eigenvalue weighted by Crippen LogP contribution is 2.33. The van der Waals surface area contributed by atoms with Crippen molar-refractivity contribution in [3.8, 4) is 17.1 Å². The average molecular weight is 447 g/mol. The van der Waals surface area contributed by atoms with Crippen LogP contribution in [0.4, 0.5) is 0 Å². The molecule has 1 aliphatic carbocycles. The van der Waals surface area contributed by atoms with Crippen LogP contribution in [0.15, 0.2) is 53.1 Å². The van der Waals surface area contributed by atoms with Crippen LogP contribution in [0.3, 0.4) is 0 Å². The number of nitrogens with zero attached hydrogens (tertiary/aromatic N) is 3. The van der Waals surface area contributed by atoms with Gasteiger partial charge in [0, 0.05) is 11.5 Å². The molecule has 1 unspecified atom stereocenters. The first-order chi connectivity index (χ1) is 16.2. The maximum absolute atomic E-state index is 13.0. The predicted octanol–water partition coefficient (Wildman–Crippen LogP) is 4.15. The fourth-order valence-electron chi connectivity index (χ4n) is 4.93. The number of methoxy groups -OCH3 is 1. The lowest BCUT2D eigenvalue weighted by molar-refractivity contribution is -0.127. The molecule has 2 heterocycles. The second-order valence-electron chi connectivity index (χ2n) is 8.95. The van der Waals surface area contributed by atoms with Crippen LogP contribution >= 0.6 is 0 Å². The number of hydrogen-bond donors (Lipinski definition) is 1. The van der Waals surface area contributed by atoms with Crippen LogP contribution in [0.2, 0.25) is 0 Å². The summed E-state index contributed by atoms with van der Waals surface area (Å²) < 4.78 is 10.8. The van der Waals surface area contributed by atoms with Gasteiger partial charge in [-0.15, -0.1) is 0 Å². The van der Waals surface area contributed by atoms with E-state index in [1.54, 1.807) is 7.11 Å². The second kappa shape index (κ2) is 9.75. The molecular weight excluding hydrogens is 416 g/mol. The van der Waals surface area contributed by atoms with Crippen LogP contribution < -0.4 is 10.1 Å². The molecular formula is C26H30N4O3. The molecule has 7 heteroatoms. The minimum Gasteiger partial charge on any atom is -0.497 e. The van der Waals surface area contributed by atoms with E-state index >= 15 is 0 Å². The van der Waals surface area contributed by atoms with Crippen molar-refractivity contribution in [2.75, 3.05) is 20.2 Å². The minimum atomic E-state index is 0.0486. The monoisotopic (exact) mass is 446 g/mol. The van der Waals surface area contributed by atoms with Crippen molar-refractivity contribution in [3.63, 3.8) is 0 Å². The van der Waals surface area contributed by atoms with Gasteiger partial charge >= 0.3 is 0 Å². The summed E-state index contributed by atoms with van der Waals surface area (Å²) in [5.74, 6) is 2.33. The molecule has 0 spiro atoms. The van der Waals surface area contributed by atoms with Gasteiger partial charge in [-0.3, -0.25) is 9.69 Å². The summed E-state index contributed by atoms with van der Waals surface area (Å²) in [5, 5.41) is 7.43. The van der Waals surface area contributed by atoms with E-state index in [0.717, 1.165) is 56.5 Å². The van der Waals surface area contributed by atoms with Gasteiger partial charge in [0.1, 0.15) is 5.75 Å². The number of nitrogens with one attached hydrogen (secondary N) is 1. The molecule has 0 radical (unpaired) electrons. The smallest absolute Gasteiger partial charge is 0.241 e. The third kappa shape index (κ3) is 4.93. The van der Waals surface area contributed by atoms with Crippen LogP contribution in [0.1, 0.15) is 48.7 Å². The van der Waals surface area contributed by atoms with E-state index < -0.39 is 0 Å². The van der Waals surface area contributed by atoms with Gasteiger partial charge in [0.15, 0.2) is 0 Å². The van der Waals surface area contributed by atoms with Crippen molar-refractivity contribution in [1.82, 2.24) is 20.4 Å². The lowest BCUT2D eigenvalue weighted by Gasteiger charge is -2.32. The van der Waals surface area contributed by atoms with E-state index in [-0.39, 0.29) is 17.9 Å². The van der Waals surface area contributed by atoms with E-state index in [9.17, 15) is 4.79 Å². The number of rotatable bonds is 6. The Morgan fingerprint density at radius 2 is 1.97 bits per heavy atom. The number of carbonyl (C=O) groups excluding carboxylic acids is 1. The zero-order valence-electron chi connectivity index (χ0n) is 19.0. The van der Waals surface area contributed by atoms with Crippen molar-refractivity contribution < 1.29 is 14.1 Å². The topological polar surface area (TPSA) is 80.5 Å². The van der Waals surface area contributed by atoms with Crippen LogP contribution in [0, 0.1) is 5.92 Å². The first-order valence-electron chi connectivity index (χ1n) is 11.8. The van der Waals surface area contributed by atoms with Gasteiger partial charge in [-0.2, -0.15) is 4.98 Å². The quantitative estimate of drug-likeness (QED) is 0.613. The number of likely N-dealkylation sites (tertiary alicyclic amines) is 1. The highest BCUT2D eigenvalue weighted by atomic mass is 16.5. The number of carbonyl (C=O) groups is 1. The summed E-state index contributed by atoms with van der Waals surface area (Å²) in [6, 6.07) is 16.1. The molecule has 1 N–H and O–H groups in total. The van der Waals surface area contributed by atoms with Crippen molar-refractivity contribution in [2.24, 2.45) is 5.92 Å². The van der Waals surface area contributed by atoms with Gasteiger partial charge in [0.25, 0.3) is 0 Å². The number of hydrogen-bond acceptors (Lipinski definition) is 6. The molecule has 0 saturated carbocycles. The lowest BCUT2D eigenvalue weighted by Crippen LogP contribution is -2.41. The number of aromatic nitrogens is 2. The summed E-state index contributed by atoms with van der Waals surface area (Å²) in [7, 11) is 1.69. The molecule has 1 atom stereocenters. The molecule has 33 heavy (non-hydrogen) atoms. The predicted molar refractivity (Wildman–Crippen MR) is 125 cm³/mol.